The Morgan fingerprint density at radius 1 is 0.419 bits per heavy atom. The van der Waals surface area contributed by atoms with E-state index in [1.807, 2.05) is 0 Å². The molecule has 0 aliphatic heterocycles. The zero-order chi connectivity index (χ0) is 31.5. The molecule has 0 aliphatic rings. The van der Waals surface area contributed by atoms with Crippen LogP contribution in [0, 0.1) is 0 Å². The van der Waals surface area contributed by atoms with E-state index >= 15 is 0 Å². The molecule has 2 unspecified atom stereocenters. The standard InChI is InChI=1S/2C18H36O3.Mg/c2*1-2-3-14-17(19)15-12-10-8-6-4-5-7-9-11-13-16-18(20)21;/h2*17,19H,2-16H2,1H3,(H,20,21);/q;;+2/p-2. The monoisotopic (exact) mass is 623 g/mol. The molecule has 0 heterocycles. The van der Waals surface area contributed by atoms with Gasteiger partial charge < -0.3 is 30.0 Å². The van der Waals surface area contributed by atoms with Crippen LogP contribution in [0.5, 0.6) is 0 Å². The Labute approximate surface area is 282 Å². The van der Waals surface area contributed by atoms with Gasteiger partial charge in [-0.1, -0.05) is 155 Å². The molecule has 2 atom stereocenters. The maximum Gasteiger partial charge on any atom is 2.00 e. The van der Waals surface area contributed by atoms with Gasteiger partial charge >= 0.3 is 23.1 Å². The topological polar surface area (TPSA) is 121 Å². The number of rotatable bonds is 32. The van der Waals surface area contributed by atoms with E-state index < -0.39 is 11.9 Å². The zero-order valence-electron chi connectivity index (χ0n) is 28.6. The van der Waals surface area contributed by atoms with E-state index in [1.165, 1.54) is 89.9 Å². The summed E-state index contributed by atoms with van der Waals surface area (Å²) in [7, 11) is 0. The van der Waals surface area contributed by atoms with Gasteiger partial charge in [-0.05, 0) is 51.4 Å². The van der Waals surface area contributed by atoms with Crippen molar-refractivity contribution in [1.29, 1.82) is 0 Å². The first kappa shape index (κ1) is 47.0. The van der Waals surface area contributed by atoms with Crippen LogP contribution in [0.2, 0.25) is 0 Å². The molecule has 0 aromatic carbocycles. The van der Waals surface area contributed by atoms with Gasteiger partial charge in [0.2, 0.25) is 0 Å². The van der Waals surface area contributed by atoms with Crippen LogP contribution in [-0.4, -0.2) is 57.4 Å². The van der Waals surface area contributed by atoms with E-state index in [-0.39, 0.29) is 48.1 Å². The molecule has 0 saturated heterocycles. The molecular weight excluding hydrogens is 553 g/mol. The third-order valence-corrected chi connectivity index (χ3v) is 8.12. The summed E-state index contributed by atoms with van der Waals surface area (Å²) < 4.78 is 0. The largest absolute Gasteiger partial charge is 2.00 e. The Hall–Kier alpha value is -0.374. The van der Waals surface area contributed by atoms with Gasteiger partial charge in [0.15, 0.2) is 0 Å². The van der Waals surface area contributed by atoms with Crippen molar-refractivity contribution in [2.75, 3.05) is 0 Å². The minimum Gasteiger partial charge on any atom is -0.550 e. The van der Waals surface area contributed by atoms with E-state index in [0.717, 1.165) is 89.9 Å². The molecule has 0 bridgehead atoms. The fourth-order valence-electron chi connectivity index (χ4n) is 5.30. The number of hydrogen-bond donors (Lipinski definition) is 2. The second-order valence-corrected chi connectivity index (χ2v) is 12.5. The quantitative estimate of drug-likeness (QED) is 0.0590. The summed E-state index contributed by atoms with van der Waals surface area (Å²) in [6, 6.07) is 0. The van der Waals surface area contributed by atoms with Gasteiger partial charge in [-0.25, -0.2) is 0 Å². The second kappa shape index (κ2) is 39.7. The third kappa shape index (κ3) is 46.2. The van der Waals surface area contributed by atoms with Crippen LogP contribution in [-0.2, 0) is 9.59 Å². The fourth-order valence-corrected chi connectivity index (χ4v) is 5.30. The van der Waals surface area contributed by atoms with E-state index in [2.05, 4.69) is 13.8 Å². The van der Waals surface area contributed by atoms with Crippen molar-refractivity contribution in [2.45, 2.75) is 219 Å². The minimum absolute atomic E-state index is 0. The minimum atomic E-state index is -0.921. The maximum absolute atomic E-state index is 10.2. The molecule has 252 valence electrons. The predicted octanol–water partition coefficient (Wildman–Crippen LogP) is 7.56. The molecule has 0 fully saturated rings. The number of carboxylic acids is 2. The number of carboxylic acid groups (broad SMARTS) is 2. The smallest absolute Gasteiger partial charge is 0.550 e. The maximum atomic E-state index is 10.2. The van der Waals surface area contributed by atoms with Crippen molar-refractivity contribution < 1.29 is 30.0 Å². The van der Waals surface area contributed by atoms with Gasteiger partial charge in [0.05, 0.1) is 12.2 Å². The van der Waals surface area contributed by atoms with Gasteiger partial charge in [-0.2, -0.15) is 0 Å². The fraction of sp³-hybridized carbons (Fsp3) is 0.944. The SMILES string of the molecule is CCCCC(O)CCCCCCCCCCCCC(=O)[O-].CCCCC(O)CCCCCCCCCCCCC(=O)[O-].[Mg+2]. The second-order valence-electron chi connectivity index (χ2n) is 12.5. The number of carbonyl (C=O) groups excluding carboxylic acids is 2. The molecule has 0 aromatic heterocycles. The van der Waals surface area contributed by atoms with Crippen LogP contribution >= 0.6 is 0 Å². The summed E-state index contributed by atoms with van der Waals surface area (Å²) in [4.78, 5) is 20.5. The average Bonchev–Trinajstić information content (AvgIpc) is 2.96. The van der Waals surface area contributed by atoms with Gasteiger partial charge in [-0.15, -0.1) is 0 Å². The van der Waals surface area contributed by atoms with Crippen molar-refractivity contribution in [3.63, 3.8) is 0 Å². The summed E-state index contributed by atoms with van der Waals surface area (Å²) in [6.07, 6.45) is 32.2. The summed E-state index contributed by atoms with van der Waals surface area (Å²) >= 11 is 0. The van der Waals surface area contributed by atoms with Crippen molar-refractivity contribution in [3.05, 3.63) is 0 Å². The molecule has 0 spiro atoms. The van der Waals surface area contributed by atoms with E-state index in [9.17, 15) is 30.0 Å². The Bertz CT molecular complexity index is 512. The molecule has 0 saturated carbocycles. The van der Waals surface area contributed by atoms with Crippen LogP contribution in [0.3, 0.4) is 0 Å². The van der Waals surface area contributed by atoms with Crippen molar-refractivity contribution in [2.24, 2.45) is 0 Å². The van der Waals surface area contributed by atoms with Crippen LogP contribution in [0.1, 0.15) is 206 Å². The number of carbonyl (C=O) groups is 2. The normalized spacial score (nSPS) is 12.2. The molecule has 7 heteroatoms. The van der Waals surface area contributed by atoms with E-state index in [0.29, 0.717) is 0 Å². The van der Waals surface area contributed by atoms with Gasteiger partial charge in [0.1, 0.15) is 0 Å². The Kier molecular flexibility index (Phi) is 43.4. The first-order chi connectivity index (χ1) is 20.3. The van der Waals surface area contributed by atoms with E-state index in [4.69, 9.17) is 0 Å². The average molecular weight is 623 g/mol. The number of aliphatic carboxylic acids is 2. The summed E-state index contributed by atoms with van der Waals surface area (Å²) in [6.45, 7) is 4.33. The summed E-state index contributed by atoms with van der Waals surface area (Å²) in [5, 5.41) is 39.9. The summed E-state index contributed by atoms with van der Waals surface area (Å²) in [5.41, 5.74) is 0. The number of aliphatic hydroxyl groups is 2. The van der Waals surface area contributed by atoms with Crippen LogP contribution in [0.25, 0.3) is 0 Å². The summed E-state index contributed by atoms with van der Waals surface area (Å²) in [5.74, 6) is -1.84. The zero-order valence-corrected chi connectivity index (χ0v) is 30.0. The molecule has 0 aromatic rings. The Morgan fingerprint density at radius 3 is 0.860 bits per heavy atom. The first-order valence-corrected chi connectivity index (χ1v) is 18.1. The van der Waals surface area contributed by atoms with Crippen molar-refractivity contribution in [1.82, 2.24) is 0 Å². The number of unbranched alkanes of at least 4 members (excludes halogenated alkanes) is 20. The Morgan fingerprint density at radius 2 is 0.628 bits per heavy atom. The molecule has 0 rings (SSSR count). The van der Waals surface area contributed by atoms with Crippen LogP contribution in [0.15, 0.2) is 0 Å². The van der Waals surface area contributed by atoms with E-state index in [1.54, 1.807) is 0 Å². The predicted molar refractivity (Wildman–Crippen MR) is 178 cm³/mol. The number of aliphatic hydroxyl groups excluding tert-OH is 2. The van der Waals surface area contributed by atoms with Crippen LogP contribution in [0.4, 0.5) is 0 Å². The molecule has 0 amide bonds. The third-order valence-electron chi connectivity index (χ3n) is 8.12. The van der Waals surface area contributed by atoms with Gasteiger partial charge in [0.25, 0.3) is 0 Å². The van der Waals surface area contributed by atoms with Crippen molar-refractivity contribution in [3.8, 4) is 0 Å². The Balaban J connectivity index is -0.000000727. The molecule has 43 heavy (non-hydrogen) atoms. The van der Waals surface area contributed by atoms with Gasteiger partial charge in [-0.3, -0.25) is 0 Å². The molecule has 0 radical (unpaired) electrons. The molecule has 6 nitrogen and oxygen atoms in total. The molecular formula is C36H70MgO6. The van der Waals surface area contributed by atoms with Crippen molar-refractivity contribution >= 4 is 35.0 Å². The molecule has 2 N–H and O–H groups in total. The molecule has 0 aliphatic carbocycles. The van der Waals surface area contributed by atoms with Crippen LogP contribution < -0.4 is 10.2 Å². The first-order valence-electron chi connectivity index (χ1n) is 18.1. The van der Waals surface area contributed by atoms with Gasteiger partial charge in [0, 0.05) is 11.9 Å². The number of hydrogen-bond acceptors (Lipinski definition) is 6.